The lowest BCUT2D eigenvalue weighted by molar-refractivity contribution is -0.140. The fraction of sp³-hybridized carbons (Fsp3) is 0.417. The molecule has 0 fully saturated rings. The van der Waals surface area contributed by atoms with Crippen LogP contribution >= 0.6 is 0 Å². The number of carboxylic acids is 1. The molecule has 6 heteroatoms. The molecule has 98 valence electrons. The molecule has 0 saturated carbocycles. The van der Waals surface area contributed by atoms with Gasteiger partial charge >= 0.3 is 12.0 Å². The number of pyridine rings is 1. The van der Waals surface area contributed by atoms with Gasteiger partial charge < -0.3 is 15.7 Å². The van der Waals surface area contributed by atoms with E-state index in [-0.39, 0.29) is 12.6 Å². The van der Waals surface area contributed by atoms with Gasteiger partial charge in [0.05, 0.1) is 5.92 Å². The highest BCUT2D eigenvalue weighted by molar-refractivity contribution is 5.75. The lowest BCUT2D eigenvalue weighted by Gasteiger charge is -2.09. The Bertz CT molecular complexity index is 417. The molecule has 0 bridgehead atoms. The number of urea groups is 1. The maximum Gasteiger partial charge on any atom is 0.315 e. The number of aromatic nitrogens is 1. The highest BCUT2D eigenvalue weighted by atomic mass is 16.4. The zero-order valence-electron chi connectivity index (χ0n) is 10.4. The molecular weight excluding hydrogens is 234 g/mol. The topological polar surface area (TPSA) is 91.3 Å². The van der Waals surface area contributed by atoms with Crippen LogP contribution in [-0.2, 0) is 11.3 Å². The summed E-state index contributed by atoms with van der Waals surface area (Å²) in [4.78, 5) is 26.0. The minimum atomic E-state index is -0.932. The summed E-state index contributed by atoms with van der Waals surface area (Å²) < 4.78 is 0. The van der Waals surface area contributed by atoms with Crippen LogP contribution in [0.25, 0.3) is 0 Å². The molecule has 1 rings (SSSR count). The second-order valence-corrected chi connectivity index (χ2v) is 4.11. The van der Waals surface area contributed by atoms with E-state index in [0.29, 0.717) is 6.54 Å². The molecule has 1 heterocycles. The first-order valence-corrected chi connectivity index (χ1v) is 5.65. The summed E-state index contributed by atoms with van der Waals surface area (Å²) in [5, 5.41) is 13.8. The van der Waals surface area contributed by atoms with Crippen LogP contribution in [0.3, 0.4) is 0 Å². The van der Waals surface area contributed by atoms with E-state index >= 15 is 0 Å². The second-order valence-electron chi connectivity index (χ2n) is 4.11. The Hall–Kier alpha value is -2.11. The van der Waals surface area contributed by atoms with Crippen LogP contribution in [-0.4, -0.2) is 28.6 Å². The number of aryl methyl sites for hydroxylation is 1. The van der Waals surface area contributed by atoms with Crippen LogP contribution in [0.15, 0.2) is 18.3 Å². The number of carbonyl (C=O) groups excluding carboxylic acids is 1. The van der Waals surface area contributed by atoms with Crippen LogP contribution in [0.5, 0.6) is 0 Å². The van der Waals surface area contributed by atoms with E-state index in [9.17, 15) is 9.59 Å². The van der Waals surface area contributed by atoms with Gasteiger partial charge in [-0.05, 0) is 18.6 Å². The summed E-state index contributed by atoms with van der Waals surface area (Å²) in [7, 11) is 0. The predicted octanol–water partition coefficient (Wildman–Crippen LogP) is 0.910. The Balaban J connectivity index is 2.29. The molecule has 6 nitrogen and oxygen atoms in total. The molecule has 1 aromatic rings. The minimum absolute atomic E-state index is 0.104. The predicted molar refractivity (Wildman–Crippen MR) is 66.0 cm³/mol. The van der Waals surface area contributed by atoms with Gasteiger partial charge in [0.25, 0.3) is 0 Å². The third kappa shape index (κ3) is 4.82. The molecule has 0 aliphatic carbocycles. The maximum absolute atomic E-state index is 11.4. The highest BCUT2D eigenvalue weighted by Crippen LogP contribution is 1.98. The van der Waals surface area contributed by atoms with Crippen molar-refractivity contribution in [2.45, 2.75) is 20.4 Å². The lowest BCUT2D eigenvalue weighted by Crippen LogP contribution is -2.38. The molecule has 0 aromatic carbocycles. The number of carboxylic acid groups (broad SMARTS) is 1. The number of rotatable bonds is 5. The molecule has 0 radical (unpaired) electrons. The standard InChI is InChI=1S/C12H17N3O3/c1-8(11(16)17)5-14-12(18)15-7-10-4-3-9(2)13-6-10/h3-4,6,8H,5,7H2,1-2H3,(H,16,17)(H2,14,15,18). The summed E-state index contributed by atoms with van der Waals surface area (Å²) >= 11 is 0. The number of carbonyl (C=O) groups is 2. The molecule has 0 aliphatic rings. The number of nitrogens with one attached hydrogen (secondary N) is 2. The Morgan fingerprint density at radius 2 is 2.11 bits per heavy atom. The molecule has 3 N–H and O–H groups in total. The van der Waals surface area contributed by atoms with Gasteiger partial charge in [0.15, 0.2) is 0 Å². The molecule has 0 saturated heterocycles. The van der Waals surface area contributed by atoms with Crippen LogP contribution in [0.2, 0.25) is 0 Å². The first-order chi connectivity index (χ1) is 8.49. The van der Waals surface area contributed by atoms with Crippen molar-refractivity contribution in [3.8, 4) is 0 Å². The van der Waals surface area contributed by atoms with Crippen LogP contribution < -0.4 is 10.6 Å². The smallest absolute Gasteiger partial charge is 0.315 e. The molecule has 1 atom stereocenters. The molecular formula is C12H17N3O3. The van der Waals surface area contributed by atoms with Crippen molar-refractivity contribution in [1.29, 1.82) is 0 Å². The first-order valence-electron chi connectivity index (χ1n) is 5.65. The van der Waals surface area contributed by atoms with Crippen molar-refractivity contribution >= 4 is 12.0 Å². The van der Waals surface area contributed by atoms with E-state index in [1.54, 1.807) is 6.20 Å². The van der Waals surface area contributed by atoms with Crippen molar-refractivity contribution < 1.29 is 14.7 Å². The van der Waals surface area contributed by atoms with Crippen LogP contribution in [0, 0.1) is 12.8 Å². The van der Waals surface area contributed by atoms with E-state index in [2.05, 4.69) is 15.6 Å². The molecule has 0 spiro atoms. The van der Waals surface area contributed by atoms with Crippen molar-refractivity contribution in [3.05, 3.63) is 29.6 Å². The SMILES string of the molecule is Cc1ccc(CNC(=O)NCC(C)C(=O)O)cn1. The molecule has 2 amide bonds. The number of hydrogen-bond donors (Lipinski definition) is 3. The van der Waals surface area contributed by atoms with E-state index in [1.165, 1.54) is 6.92 Å². The zero-order valence-corrected chi connectivity index (χ0v) is 10.4. The van der Waals surface area contributed by atoms with Crippen molar-refractivity contribution in [2.24, 2.45) is 5.92 Å². The summed E-state index contributed by atoms with van der Waals surface area (Å²) in [5.74, 6) is -1.53. The molecule has 1 aromatic heterocycles. The van der Waals surface area contributed by atoms with Crippen molar-refractivity contribution in [3.63, 3.8) is 0 Å². The number of amides is 2. The number of nitrogens with zero attached hydrogens (tertiary/aromatic N) is 1. The number of hydrogen-bond acceptors (Lipinski definition) is 3. The monoisotopic (exact) mass is 251 g/mol. The second kappa shape index (κ2) is 6.58. The summed E-state index contributed by atoms with van der Waals surface area (Å²) in [6.45, 7) is 3.89. The Morgan fingerprint density at radius 3 is 2.67 bits per heavy atom. The Kier molecular flexibility index (Phi) is 5.10. The highest BCUT2D eigenvalue weighted by Gasteiger charge is 2.11. The van der Waals surface area contributed by atoms with Gasteiger partial charge in [-0.3, -0.25) is 9.78 Å². The largest absolute Gasteiger partial charge is 0.481 e. The van der Waals surface area contributed by atoms with Crippen LogP contribution in [0.4, 0.5) is 4.79 Å². The molecule has 1 unspecified atom stereocenters. The van der Waals surface area contributed by atoms with E-state index < -0.39 is 11.9 Å². The van der Waals surface area contributed by atoms with Crippen molar-refractivity contribution in [2.75, 3.05) is 6.54 Å². The van der Waals surface area contributed by atoms with Crippen molar-refractivity contribution in [1.82, 2.24) is 15.6 Å². The van der Waals surface area contributed by atoms with Gasteiger partial charge in [-0.25, -0.2) is 4.79 Å². The third-order valence-electron chi connectivity index (χ3n) is 2.42. The van der Waals surface area contributed by atoms with Gasteiger partial charge in [0.1, 0.15) is 0 Å². The maximum atomic E-state index is 11.4. The Morgan fingerprint density at radius 1 is 1.39 bits per heavy atom. The Labute approximate surface area is 105 Å². The van der Waals surface area contributed by atoms with Crippen LogP contribution in [0.1, 0.15) is 18.2 Å². The average Bonchev–Trinajstić information content (AvgIpc) is 2.35. The quantitative estimate of drug-likeness (QED) is 0.725. The number of aliphatic carboxylic acids is 1. The lowest BCUT2D eigenvalue weighted by atomic mass is 10.2. The van der Waals surface area contributed by atoms with Gasteiger partial charge in [-0.2, -0.15) is 0 Å². The first kappa shape index (κ1) is 14.0. The van der Waals surface area contributed by atoms with Gasteiger partial charge in [-0.15, -0.1) is 0 Å². The third-order valence-corrected chi connectivity index (χ3v) is 2.42. The summed E-state index contributed by atoms with van der Waals surface area (Å²) in [6.07, 6.45) is 1.69. The van der Waals surface area contributed by atoms with E-state index in [0.717, 1.165) is 11.3 Å². The van der Waals surface area contributed by atoms with E-state index in [4.69, 9.17) is 5.11 Å². The summed E-state index contributed by atoms with van der Waals surface area (Å²) in [5.41, 5.74) is 1.81. The zero-order chi connectivity index (χ0) is 13.5. The van der Waals surface area contributed by atoms with Gasteiger partial charge in [0.2, 0.25) is 0 Å². The minimum Gasteiger partial charge on any atom is -0.481 e. The average molecular weight is 251 g/mol. The molecule has 18 heavy (non-hydrogen) atoms. The fourth-order valence-corrected chi connectivity index (χ4v) is 1.18. The molecule has 0 aliphatic heterocycles. The van der Waals surface area contributed by atoms with Gasteiger partial charge in [0, 0.05) is 25.0 Å². The fourth-order valence-electron chi connectivity index (χ4n) is 1.18. The summed E-state index contributed by atoms with van der Waals surface area (Å²) in [6, 6.07) is 3.35. The van der Waals surface area contributed by atoms with Gasteiger partial charge in [-0.1, -0.05) is 13.0 Å². The normalized spacial score (nSPS) is 11.7. The van der Waals surface area contributed by atoms with E-state index in [1.807, 2.05) is 19.1 Å².